The standard InChI is InChI=1S/C21H15N3O2/c25-20(6-4-16-8-12-22-13-9-16)18-2-1-3-19(24-18)21(26)7-5-17-10-14-23-15-11-17/h1-15H/b6-4-,7-5+. The second-order valence-electron chi connectivity index (χ2n) is 5.36. The van der Waals surface area contributed by atoms with Gasteiger partial charge < -0.3 is 0 Å². The molecule has 0 spiro atoms. The van der Waals surface area contributed by atoms with E-state index in [1.165, 1.54) is 12.2 Å². The number of ketones is 2. The van der Waals surface area contributed by atoms with Crippen molar-refractivity contribution < 1.29 is 9.59 Å². The second kappa shape index (κ2) is 8.39. The molecule has 0 bridgehead atoms. The van der Waals surface area contributed by atoms with Gasteiger partial charge in [-0.25, -0.2) is 4.98 Å². The van der Waals surface area contributed by atoms with E-state index in [-0.39, 0.29) is 23.0 Å². The molecule has 0 fully saturated rings. The minimum absolute atomic E-state index is 0.221. The van der Waals surface area contributed by atoms with Crippen molar-refractivity contribution in [1.29, 1.82) is 0 Å². The zero-order valence-corrected chi connectivity index (χ0v) is 13.8. The van der Waals surface area contributed by atoms with Gasteiger partial charge in [0, 0.05) is 24.8 Å². The maximum Gasteiger partial charge on any atom is 0.204 e. The topological polar surface area (TPSA) is 72.8 Å². The fourth-order valence-corrected chi connectivity index (χ4v) is 2.17. The molecule has 0 aromatic carbocycles. The Labute approximate surface area is 150 Å². The minimum Gasteiger partial charge on any atom is -0.288 e. The highest BCUT2D eigenvalue weighted by atomic mass is 16.1. The quantitative estimate of drug-likeness (QED) is 0.505. The summed E-state index contributed by atoms with van der Waals surface area (Å²) in [5, 5.41) is 0. The van der Waals surface area contributed by atoms with E-state index in [0.29, 0.717) is 0 Å². The first-order chi connectivity index (χ1) is 12.7. The lowest BCUT2D eigenvalue weighted by atomic mass is 10.1. The minimum atomic E-state index is -0.269. The Morgan fingerprint density at radius 2 is 1.08 bits per heavy atom. The number of aromatic nitrogens is 3. The Bertz CT molecular complexity index is 888. The van der Waals surface area contributed by atoms with Crippen LogP contribution in [0.3, 0.4) is 0 Å². The van der Waals surface area contributed by atoms with E-state index < -0.39 is 0 Å². The first-order valence-corrected chi connectivity index (χ1v) is 7.94. The molecule has 3 rings (SSSR count). The first-order valence-electron chi connectivity index (χ1n) is 7.94. The van der Waals surface area contributed by atoms with Crippen LogP contribution in [0.4, 0.5) is 0 Å². The maximum atomic E-state index is 12.3. The fraction of sp³-hybridized carbons (Fsp3) is 0. The van der Waals surface area contributed by atoms with Crippen LogP contribution in [0.5, 0.6) is 0 Å². The number of nitrogens with zero attached hydrogens (tertiary/aromatic N) is 3. The van der Waals surface area contributed by atoms with Gasteiger partial charge in [-0.1, -0.05) is 18.2 Å². The Hall–Kier alpha value is -3.73. The van der Waals surface area contributed by atoms with Gasteiger partial charge in [-0.05, 0) is 59.7 Å². The number of allylic oxidation sites excluding steroid dienone is 2. The molecule has 3 heterocycles. The molecule has 0 saturated heterocycles. The van der Waals surface area contributed by atoms with E-state index in [2.05, 4.69) is 15.0 Å². The SMILES string of the molecule is O=C(/C=C\c1ccncc1)c1cccc(C(=O)/C=C/c2ccncc2)n1. The molecular formula is C21H15N3O2. The van der Waals surface area contributed by atoms with Crippen LogP contribution in [0.25, 0.3) is 12.2 Å². The molecule has 5 heteroatoms. The molecule has 0 atom stereocenters. The van der Waals surface area contributed by atoms with Gasteiger partial charge in [0.05, 0.1) is 0 Å². The van der Waals surface area contributed by atoms with Gasteiger partial charge in [-0.2, -0.15) is 0 Å². The number of pyridine rings is 3. The zero-order chi connectivity index (χ0) is 18.2. The van der Waals surface area contributed by atoms with Crippen molar-refractivity contribution in [2.45, 2.75) is 0 Å². The van der Waals surface area contributed by atoms with Crippen molar-refractivity contribution in [2.24, 2.45) is 0 Å². The van der Waals surface area contributed by atoms with Crippen LogP contribution in [0.1, 0.15) is 32.1 Å². The summed E-state index contributed by atoms with van der Waals surface area (Å²) >= 11 is 0. The van der Waals surface area contributed by atoms with E-state index in [9.17, 15) is 9.59 Å². The normalized spacial score (nSPS) is 11.1. The van der Waals surface area contributed by atoms with Crippen LogP contribution in [-0.4, -0.2) is 26.5 Å². The van der Waals surface area contributed by atoms with Crippen LogP contribution in [0.15, 0.2) is 79.4 Å². The molecule has 5 nitrogen and oxygen atoms in total. The van der Waals surface area contributed by atoms with Crippen molar-refractivity contribution in [3.63, 3.8) is 0 Å². The Balaban J connectivity index is 1.73. The lowest BCUT2D eigenvalue weighted by Gasteiger charge is -1.99. The van der Waals surface area contributed by atoms with Gasteiger partial charge in [0.15, 0.2) is 0 Å². The van der Waals surface area contributed by atoms with Crippen LogP contribution in [0, 0.1) is 0 Å². The van der Waals surface area contributed by atoms with Crippen molar-refractivity contribution >= 4 is 23.7 Å². The van der Waals surface area contributed by atoms with E-state index in [4.69, 9.17) is 0 Å². The van der Waals surface area contributed by atoms with Gasteiger partial charge in [-0.3, -0.25) is 19.6 Å². The molecule has 0 N–H and O–H groups in total. The molecule has 0 aliphatic heterocycles. The maximum absolute atomic E-state index is 12.3. The van der Waals surface area contributed by atoms with Gasteiger partial charge in [0.2, 0.25) is 11.6 Å². The molecule has 0 radical (unpaired) electrons. The highest BCUT2D eigenvalue weighted by molar-refractivity contribution is 6.08. The number of carbonyl (C=O) groups excluding carboxylic acids is 2. The molecule has 3 aromatic heterocycles. The van der Waals surface area contributed by atoms with E-state index in [0.717, 1.165) is 11.1 Å². The average Bonchev–Trinajstić information content (AvgIpc) is 2.72. The number of rotatable bonds is 6. The summed E-state index contributed by atoms with van der Waals surface area (Å²) in [4.78, 5) is 36.6. The first kappa shape index (κ1) is 17.1. The van der Waals surface area contributed by atoms with Crippen LogP contribution in [0.2, 0.25) is 0 Å². The summed E-state index contributed by atoms with van der Waals surface area (Å²) in [5.74, 6) is -0.538. The van der Waals surface area contributed by atoms with Crippen molar-refractivity contribution in [2.75, 3.05) is 0 Å². The molecule has 0 aliphatic carbocycles. The smallest absolute Gasteiger partial charge is 0.204 e. The van der Waals surface area contributed by atoms with Crippen LogP contribution < -0.4 is 0 Å². The lowest BCUT2D eigenvalue weighted by Crippen LogP contribution is -2.05. The third-order valence-electron chi connectivity index (χ3n) is 3.52. The van der Waals surface area contributed by atoms with Gasteiger partial charge >= 0.3 is 0 Å². The van der Waals surface area contributed by atoms with E-state index >= 15 is 0 Å². The Kier molecular flexibility index (Phi) is 5.52. The lowest BCUT2D eigenvalue weighted by molar-refractivity contribution is 0.104. The number of hydrogen-bond acceptors (Lipinski definition) is 5. The molecule has 3 aromatic rings. The largest absolute Gasteiger partial charge is 0.288 e. The number of carbonyl (C=O) groups is 2. The van der Waals surface area contributed by atoms with Crippen LogP contribution >= 0.6 is 0 Å². The molecule has 26 heavy (non-hydrogen) atoms. The van der Waals surface area contributed by atoms with Gasteiger partial charge in [0.1, 0.15) is 11.4 Å². The summed E-state index contributed by atoms with van der Waals surface area (Å²) in [5.41, 5.74) is 2.17. The molecular weight excluding hydrogens is 326 g/mol. The van der Waals surface area contributed by atoms with E-state index in [1.54, 1.807) is 79.4 Å². The molecule has 0 unspecified atom stereocenters. The van der Waals surface area contributed by atoms with Gasteiger partial charge in [0.25, 0.3) is 0 Å². The molecule has 0 saturated carbocycles. The van der Waals surface area contributed by atoms with Crippen LogP contribution in [-0.2, 0) is 0 Å². The summed E-state index contributed by atoms with van der Waals surface area (Å²) < 4.78 is 0. The summed E-state index contributed by atoms with van der Waals surface area (Å²) in [6.07, 6.45) is 12.8. The third kappa shape index (κ3) is 4.64. The third-order valence-corrected chi connectivity index (χ3v) is 3.52. The summed E-state index contributed by atoms with van der Waals surface area (Å²) in [6.45, 7) is 0. The highest BCUT2D eigenvalue weighted by Crippen LogP contribution is 2.07. The van der Waals surface area contributed by atoms with Gasteiger partial charge in [-0.15, -0.1) is 0 Å². The molecule has 0 amide bonds. The van der Waals surface area contributed by atoms with E-state index in [1.807, 2.05) is 0 Å². The highest BCUT2D eigenvalue weighted by Gasteiger charge is 2.08. The average molecular weight is 341 g/mol. The number of hydrogen-bond donors (Lipinski definition) is 0. The molecule has 0 aliphatic rings. The van der Waals surface area contributed by atoms with Crippen molar-refractivity contribution in [1.82, 2.24) is 15.0 Å². The van der Waals surface area contributed by atoms with Crippen molar-refractivity contribution in [3.8, 4) is 0 Å². The zero-order valence-electron chi connectivity index (χ0n) is 13.8. The molecule has 126 valence electrons. The van der Waals surface area contributed by atoms with Crippen molar-refractivity contribution in [3.05, 3.63) is 102 Å². The predicted octanol–water partition coefficient (Wildman–Crippen LogP) is 3.66. The predicted molar refractivity (Wildman–Crippen MR) is 99.4 cm³/mol. The summed E-state index contributed by atoms with van der Waals surface area (Å²) in [7, 11) is 0. The fourth-order valence-electron chi connectivity index (χ4n) is 2.17. The Morgan fingerprint density at radius 3 is 1.50 bits per heavy atom. The second-order valence-corrected chi connectivity index (χ2v) is 5.36. The monoisotopic (exact) mass is 341 g/mol. The Morgan fingerprint density at radius 1 is 0.654 bits per heavy atom. The summed E-state index contributed by atoms with van der Waals surface area (Å²) in [6, 6.07) is 12.0.